The van der Waals surface area contributed by atoms with Crippen molar-refractivity contribution in [3.05, 3.63) is 69.8 Å². The second-order valence-electron chi connectivity index (χ2n) is 5.60. The van der Waals surface area contributed by atoms with Crippen LogP contribution in [0.15, 0.2) is 48.5 Å². The van der Waals surface area contributed by atoms with Crippen molar-refractivity contribution in [2.24, 2.45) is 0 Å². The first-order chi connectivity index (χ1) is 11.1. The van der Waals surface area contributed by atoms with Crippen molar-refractivity contribution in [3.8, 4) is 0 Å². The van der Waals surface area contributed by atoms with Gasteiger partial charge in [-0.3, -0.25) is 10.1 Å². The summed E-state index contributed by atoms with van der Waals surface area (Å²) in [4.78, 5) is 24.4. The molecule has 0 saturated carbocycles. The molecule has 6 heteroatoms. The fraction of sp³-hybridized carbons (Fsp3) is 0.235. The Morgan fingerprint density at radius 2 is 2.04 bits per heavy atom. The number of amides is 2. The number of nitro groups is 1. The van der Waals surface area contributed by atoms with Gasteiger partial charge in [0.1, 0.15) is 0 Å². The number of rotatable bonds is 3. The minimum absolute atomic E-state index is 0.0323. The maximum atomic E-state index is 12.4. The Bertz CT molecular complexity index is 760. The Labute approximate surface area is 133 Å². The molecule has 1 atom stereocenters. The molecule has 23 heavy (non-hydrogen) atoms. The topological polar surface area (TPSA) is 75.5 Å². The van der Waals surface area contributed by atoms with Crippen molar-refractivity contribution in [3.63, 3.8) is 0 Å². The standard InChI is InChI=1S/C17H17N3O3/c1-19(16-10-9-12-5-2-3-8-15(12)16)17(21)18-13-6-4-7-14(11-13)20(22)23/h2-8,11,16H,9-10H2,1H3,(H,18,21). The number of nitro benzene ring substituents is 1. The van der Waals surface area contributed by atoms with E-state index in [4.69, 9.17) is 0 Å². The number of urea groups is 1. The third kappa shape index (κ3) is 3.01. The highest BCUT2D eigenvalue weighted by molar-refractivity contribution is 5.89. The fourth-order valence-corrected chi connectivity index (χ4v) is 2.99. The second kappa shape index (κ2) is 6.08. The zero-order chi connectivity index (χ0) is 16.4. The number of nitrogens with one attached hydrogen (secondary N) is 1. The van der Waals surface area contributed by atoms with Crippen LogP contribution in [-0.4, -0.2) is 22.9 Å². The van der Waals surface area contributed by atoms with Gasteiger partial charge in [-0.15, -0.1) is 0 Å². The van der Waals surface area contributed by atoms with Crippen molar-refractivity contribution in [2.75, 3.05) is 12.4 Å². The first kappa shape index (κ1) is 15.0. The van der Waals surface area contributed by atoms with Gasteiger partial charge in [-0.1, -0.05) is 30.3 Å². The normalized spacial score (nSPS) is 15.8. The Morgan fingerprint density at radius 3 is 2.83 bits per heavy atom. The highest BCUT2D eigenvalue weighted by atomic mass is 16.6. The molecule has 0 radical (unpaired) electrons. The van der Waals surface area contributed by atoms with Gasteiger partial charge in [0.05, 0.1) is 11.0 Å². The van der Waals surface area contributed by atoms with Crippen LogP contribution in [0.5, 0.6) is 0 Å². The zero-order valence-corrected chi connectivity index (χ0v) is 12.7. The van der Waals surface area contributed by atoms with E-state index in [9.17, 15) is 14.9 Å². The van der Waals surface area contributed by atoms with Crippen LogP contribution in [0, 0.1) is 10.1 Å². The molecule has 1 aliphatic rings. The number of fused-ring (bicyclic) bond motifs is 1. The number of hydrogen-bond acceptors (Lipinski definition) is 3. The summed E-state index contributed by atoms with van der Waals surface area (Å²) in [5.74, 6) is 0. The number of anilines is 1. The number of aryl methyl sites for hydroxylation is 1. The number of nitrogens with zero attached hydrogens (tertiary/aromatic N) is 2. The van der Waals surface area contributed by atoms with Gasteiger partial charge in [0.25, 0.3) is 5.69 Å². The Morgan fingerprint density at radius 1 is 1.26 bits per heavy atom. The van der Waals surface area contributed by atoms with E-state index >= 15 is 0 Å². The van der Waals surface area contributed by atoms with E-state index in [0.29, 0.717) is 5.69 Å². The maximum absolute atomic E-state index is 12.4. The minimum atomic E-state index is -0.480. The van der Waals surface area contributed by atoms with Crippen molar-refractivity contribution < 1.29 is 9.72 Å². The van der Waals surface area contributed by atoms with Crippen LogP contribution in [0.25, 0.3) is 0 Å². The summed E-state index contributed by atoms with van der Waals surface area (Å²) in [6, 6.07) is 13.8. The third-order valence-corrected chi connectivity index (χ3v) is 4.20. The highest BCUT2D eigenvalue weighted by Gasteiger charge is 2.28. The third-order valence-electron chi connectivity index (χ3n) is 4.20. The molecule has 1 aliphatic carbocycles. The Hall–Kier alpha value is -2.89. The molecule has 1 unspecified atom stereocenters. The van der Waals surface area contributed by atoms with Gasteiger partial charge in [-0.2, -0.15) is 0 Å². The molecule has 1 N–H and O–H groups in total. The number of non-ortho nitro benzene ring substituents is 1. The van der Waals surface area contributed by atoms with Gasteiger partial charge >= 0.3 is 6.03 Å². The average molecular weight is 311 g/mol. The number of benzene rings is 2. The van der Waals surface area contributed by atoms with Gasteiger partial charge in [-0.25, -0.2) is 4.79 Å². The van der Waals surface area contributed by atoms with Crippen LogP contribution < -0.4 is 5.32 Å². The van der Waals surface area contributed by atoms with E-state index in [1.807, 2.05) is 18.2 Å². The van der Waals surface area contributed by atoms with E-state index < -0.39 is 4.92 Å². The lowest BCUT2D eigenvalue weighted by atomic mass is 10.1. The second-order valence-corrected chi connectivity index (χ2v) is 5.60. The molecule has 0 aromatic heterocycles. The number of hydrogen-bond donors (Lipinski definition) is 1. The molecule has 2 amide bonds. The molecule has 0 aliphatic heterocycles. The summed E-state index contributed by atoms with van der Waals surface area (Å²) >= 11 is 0. The molecule has 2 aromatic carbocycles. The average Bonchev–Trinajstić information content (AvgIpc) is 2.98. The first-order valence-electron chi connectivity index (χ1n) is 7.42. The van der Waals surface area contributed by atoms with E-state index in [1.165, 1.54) is 23.3 Å². The van der Waals surface area contributed by atoms with Crippen LogP contribution >= 0.6 is 0 Å². The quantitative estimate of drug-likeness (QED) is 0.693. The number of carbonyl (C=O) groups excluding carboxylic acids is 1. The lowest BCUT2D eigenvalue weighted by molar-refractivity contribution is -0.384. The predicted molar refractivity (Wildman–Crippen MR) is 87.4 cm³/mol. The molecule has 0 bridgehead atoms. The summed E-state index contributed by atoms with van der Waals surface area (Å²) in [5.41, 5.74) is 2.82. The first-order valence-corrected chi connectivity index (χ1v) is 7.42. The van der Waals surface area contributed by atoms with Gasteiger partial charge in [0.2, 0.25) is 0 Å². The fourth-order valence-electron chi connectivity index (χ4n) is 2.99. The lowest BCUT2D eigenvalue weighted by Gasteiger charge is -2.25. The van der Waals surface area contributed by atoms with Crippen LogP contribution in [0.1, 0.15) is 23.6 Å². The van der Waals surface area contributed by atoms with E-state index in [1.54, 1.807) is 24.1 Å². The SMILES string of the molecule is CN(C(=O)Nc1cccc([N+](=O)[O-])c1)C1CCc2ccccc21. The van der Waals surface area contributed by atoms with Crippen LogP contribution in [0.2, 0.25) is 0 Å². The summed E-state index contributed by atoms with van der Waals surface area (Å²) in [5, 5.41) is 13.5. The molecule has 6 nitrogen and oxygen atoms in total. The molecule has 118 valence electrons. The van der Waals surface area contributed by atoms with Crippen molar-refractivity contribution in [1.82, 2.24) is 4.90 Å². The molecule has 0 spiro atoms. The van der Waals surface area contributed by atoms with E-state index in [-0.39, 0.29) is 17.8 Å². The molecule has 3 rings (SSSR count). The summed E-state index contributed by atoms with van der Waals surface area (Å²) in [7, 11) is 1.75. The molecular weight excluding hydrogens is 294 g/mol. The zero-order valence-electron chi connectivity index (χ0n) is 12.7. The van der Waals surface area contributed by atoms with Crippen molar-refractivity contribution in [2.45, 2.75) is 18.9 Å². The molecule has 2 aromatic rings. The largest absolute Gasteiger partial charge is 0.322 e. The lowest BCUT2D eigenvalue weighted by Crippen LogP contribution is -2.34. The van der Waals surface area contributed by atoms with Crippen LogP contribution in [0.3, 0.4) is 0 Å². The van der Waals surface area contributed by atoms with Gasteiger partial charge in [0.15, 0.2) is 0 Å². The summed E-state index contributed by atoms with van der Waals surface area (Å²) < 4.78 is 0. The van der Waals surface area contributed by atoms with E-state index in [0.717, 1.165) is 12.8 Å². The Balaban J connectivity index is 1.74. The van der Waals surface area contributed by atoms with Gasteiger partial charge < -0.3 is 10.2 Å². The molecule has 0 heterocycles. The van der Waals surface area contributed by atoms with Crippen molar-refractivity contribution in [1.29, 1.82) is 0 Å². The molecule has 0 saturated heterocycles. The Kier molecular flexibility index (Phi) is 3.97. The molecular formula is C17H17N3O3. The monoisotopic (exact) mass is 311 g/mol. The summed E-state index contributed by atoms with van der Waals surface area (Å²) in [6.07, 6.45) is 1.84. The van der Waals surface area contributed by atoms with Gasteiger partial charge in [-0.05, 0) is 30.0 Å². The highest BCUT2D eigenvalue weighted by Crippen LogP contribution is 2.35. The minimum Gasteiger partial charge on any atom is -0.321 e. The molecule has 0 fully saturated rings. The van der Waals surface area contributed by atoms with Crippen molar-refractivity contribution >= 4 is 17.4 Å². The maximum Gasteiger partial charge on any atom is 0.322 e. The van der Waals surface area contributed by atoms with Crippen LogP contribution in [0.4, 0.5) is 16.2 Å². The number of carbonyl (C=O) groups is 1. The predicted octanol–water partition coefficient (Wildman–Crippen LogP) is 3.75. The van der Waals surface area contributed by atoms with E-state index in [2.05, 4.69) is 11.4 Å². The smallest absolute Gasteiger partial charge is 0.321 e. The summed E-state index contributed by atoms with van der Waals surface area (Å²) in [6.45, 7) is 0. The van der Waals surface area contributed by atoms with Crippen LogP contribution in [-0.2, 0) is 6.42 Å². The van der Waals surface area contributed by atoms with Gasteiger partial charge in [0, 0.05) is 24.9 Å².